The number of ether oxygens (including phenoxy) is 2. The zero-order valence-corrected chi connectivity index (χ0v) is 20.0. The lowest BCUT2D eigenvalue weighted by atomic mass is 9.52. The Hall–Kier alpha value is -1.90. The molecule has 168 valence electrons. The summed E-state index contributed by atoms with van der Waals surface area (Å²) in [5, 5.41) is 0. The van der Waals surface area contributed by atoms with Crippen LogP contribution in [0.2, 0.25) is 0 Å². The van der Waals surface area contributed by atoms with E-state index in [9.17, 15) is 0 Å². The molecule has 1 saturated heterocycles. The molecule has 0 amide bonds. The van der Waals surface area contributed by atoms with Gasteiger partial charge in [0.15, 0.2) is 0 Å². The quantitative estimate of drug-likeness (QED) is 0.547. The molecule has 4 aliphatic rings. The first kappa shape index (κ1) is 21.0. The Balaban J connectivity index is 1.47. The predicted molar refractivity (Wildman–Crippen MR) is 126 cm³/mol. The van der Waals surface area contributed by atoms with Crippen LogP contribution in [0.3, 0.4) is 0 Å². The van der Waals surface area contributed by atoms with Crippen LogP contribution in [-0.2, 0) is 6.54 Å². The molecule has 5 rings (SSSR count). The van der Waals surface area contributed by atoms with Gasteiger partial charge < -0.3 is 14.4 Å². The molecule has 0 radical (unpaired) electrons. The fraction of sp³-hybridized carbons (Fsp3) is 0.643. The lowest BCUT2D eigenvalue weighted by Crippen LogP contribution is -2.49. The molecule has 0 N–H and O–H groups in total. The second kappa shape index (κ2) is 7.60. The molecule has 3 fully saturated rings. The molecule has 1 aliphatic heterocycles. The van der Waals surface area contributed by atoms with E-state index in [1.807, 2.05) is 6.07 Å². The van der Waals surface area contributed by atoms with Gasteiger partial charge in [-0.2, -0.15) is 0 Å². The number of fused-ring (bicyclic) bond motifs is 5. The van der Waals surface area contributed by atoms with Crippen molar-refractivity contribution in [2.45, 2.75) is 65.8 Å². The van der Waals surface area contributed by atoms with Crippen molar-refractivity contribution in [3.63, 3.8) is 0 Å². The summed E-state index contributed by atoms with van der Waals surface area (Å²) in [5.41, 5.74) is 5.38. The zero-order valence-electron chi connectivity index (χ0n) is 20.0. The molecule has 3 aliphatic carbocycles. The van der Waals surface area contributed by atoms with Crippen LogP contribution in [-0.4, -0.2) is 25.7 Å². The molecule has 5 atom stereocenters. The first-order chi connectivity index (χ1) is 14.9. The Morgan fingerprint density at radius 2 is 1.84 bits per heavy atom. The van der Waals surface area contributed by atoms with Crippen LogP contribution in [0, 0.1) is 28.6 Å². The molecular weight excluding hydrogens is 382 g/mol. The molecule has 3 heteroatoms. The first-order valence-corrected chi connectivity index (χ1v) is 12.3. The van der Waals surface area contributed by atoms with Crippen LogP contribution < -0.4 is 9.47 Å². The highest BCUT2D eigenvalue weighted by atomic mass is 16.5. The van der Waals surface area contributed by atoms with Crippen molar-refractivity contribution in [2.24, 2.45) is 28.6 Å². The van der Waals surface area contributed by atoms with E-state index < -0.39 is 0 Å². The van der Waals surface area contributed by atoms with Crippen molar-refractivity contribution in [3.05, 3.63) is 47.2 Å². The predicted octanol–water partition coefficient (Wildman–Crippen LogP) is 6.59. The fourth-order valence-corrected chi connectivity index (χ4v) is 7.59. The van der Waals surface area contributed by atoms with Crippen LogP contribution in [0.25, 0.3) is 0 Å². The Bertz CT molecular complexity index is 918. The van der Waals surface area contributed by atoms with Crippen LogP contribution in [0.5, 0.6) is 11.5 Å². The SMILES string of the molecule is COc1ccc(CN2CCC[C@@]3(C)C2=CC=C2[C@H]3CC[C@]3(C)C(C)CC[C@@H]23)c(OC)c1. The van der Waals surface area contributed by atoms with Gasteiger partial charge in [-0.3, -0.25) is 0 Å². The van der Waals surface area contributed by atoms with Crippen molar-refractivity contribution >= 4 is 0 Å². The summed E-state index contributed by atoms with van der Waals surface area (Å²) in [7, 11) is 3.47. The summed E-state index contributed by atoms with van der Waals surface area (Å²) in [5.74, 6) is 4.16. The lowest BCUT2D eigenvalue weighted by molar-refractivity contribution is 0.0489. The maximum atomic E-state index is 5.71. The Morgan fingerprint density at radius 3 is 2.61 bits per heavy atom. The molecule has 1 aromatic carbocycles. The minimum absolute atomic E-state index is 0.273. The number of allylic oxidation sites excluding steroid dienone is 4. The molecule has 31 heavy (non-hydrogen) atoms. The van der Waals surface area contributed by atoms with E-state index >= 15 is 0 Å². The van der Waals surface area contributed by atoms with E-state index in [0.717, 1.165) is 42.3 Å². The molecule has 3 nitrogen and oxygen atoms in total. The van der Waals surface area contributed by atoms with Gasteiger partial charge >= 0.3 is 0 Å². The molecule has 0 aromatic heterocycles. The average molecular weight is 422 g/mol. The molecule has 1 aromatic rings. The number of nitrogens with zero attached hydrogens (tertiary/aromatic N) is 1. The van der Waals surface area contributed by atoms with Gasteiger partial charge in [-0.05, 0) is 79.9 Å². The first-order valence-electron chi connectivity index (χ1n) is 12.3. The van der Waals surface area contributed by atoms with Crippen LogP contribution in [0.4, 0.5) is 0 Å². The normalized spacial score (nSPS) is 36.7. The summed E-state index contributed by atoms with van der Waals surface area (Å²) in [6.45, 7) is 9.68. The molecular formula is C28H39NO2. The third-order valence-electron chi connectivity index (χ3n) is 9.69. The number of hydrogen-bond acceptors (Lipinski definition) is 3. The van der Waals surface area contributed by atoms with Gasteiger partial charge in [0, 0.05) is 35.8 Å². The van der Waals surface area contributed by atoms with Gasteiger partial charge in [0.1, 0.15) is 11.5 Å². The maximum Gasteiger partial charge on any atom is 0.127 e. The third-order valence-corrected chi connectivity index (χ3v) is 9.69. The van der Waals surface area contributed by atoms with Crippen molar-refractivity contribution in [2.75, 3.05) is 20.8 Å². The number of hydrogen-bond donors (Lipinski definition) is 0. The van der Waals surface area contributed by atoms with E-state index in [0.29, 0.717) is 5.41 Å². The zero-order chi connectivity index (χ0) is 21.8. The Morgan fingerprint density at radius 1 is 1.00 bits per heavy atom. The van der Waals surface area contributed by atoms with Gasteiger partial charge in [-0.1, -0.05) is 32.4 Å². The number of likely N-dealkylation sites (tertiary alicyclic amines) is 1. The van der Waals surface area contributed by atoms with Gasteiger partial charge in [0.25, 0.3) is 0 Å². The highest BCUT2D eigenvalue weighted by Crippen LogP contribution is 2.64. The van der Waals surface area contributed by atoms with E-state index in [1.54, 1.807) is 25.5 Å². The molecule has 2 saturated carbocycles. The van der Waals surface area contributed by atoms with E-state index in [1.165, 1.54) is 44.1 Å². The summed E-state index contributed by atoms with van der Waals surface area (Å²) in [4.78, 5) is 2.63. The second-order valence-corrected chi connectivity index (χ2v) is 11.0. The third kappa shape index (κ3) is 3.14. The topological polar surface area (TPSA) is 21.7 Å². The molecule has 0 bridgehead atoms. The highest BCUT2D eigenvalue weighted by Gasteiger charge is 2.55. The molecule has 1 unspecified atom stereocenters. The minimum Gasteiger partial charge on any atom is -0.497 e. The minimum atomic E-state index is 0.273. The lowest BCUT2D eigenvalue weighted by Gasteiger charge is -2.56. The van der Waals surface area contributed by atoms with Crippen LogP contribution >= 0.6 is 0 Å². The van der Waals surface area contributed by atoms with Crippen LogP contribution in [0.15, 0.2) is 41.6 Å². The van der Waals surface area contributed by atoms with Crippen molar-refractivity contribution in [3.8, 4) is 11.5 Å². The monoisotopic (exact) mass is 421 g/mol. The van der Waals surface area contributed by atoms with Crippen molar-refractivity contribution < 1.29 is 9.47 Å². The Labute approximate surface area is 188 Å². The van der Waals surface area contributed by atoms with Gasteiger partial charge in [-0.15, -0.1) is 0 Å². The summed E-state index contributed by atoms with van der Waals surface area (Å²) in [6.07, 6.45) is 13.2. The highest BCUT2D eigenvalue weighted by molar-refractivity contribution is 5.42. The summed E-state index contributed by atoms with van der Waals surface area (Å²) in [6, 6.07) is 6.23. The molecule has 0 spiro atoms. The Kier molecular flexibility index (Phi) is 5.14. The molecule has 1 heterocycles. The number of piperidine rings is 1. The van der Waals surface area contributed by atoms with Crippen molar-refractivity contribution in [1.82, 2.24) is 4.90 Å². The maximum absolute atomic E-state index is 5.71. The van der Waals surface area contributed by atoms with Gasteiger partial charge in [0.05, 0.1) is 14.2 Å². The summed E-state index contributed by atoms with van der Waals surface area (Å²) >= 11 is 0. The van der Waals surface area contributed by atoms with E-state index in [4.69, 9.17) is 9.47 Å². The standard InChI is InChI=1S/C28H39NO2/c1-19-7-11-23-22-10-12-26-28(3,24(22)13-15-27(19,23)2)14-6-16-29(26)18-20-8-9-21(30-4)17-25(20)31-5/h8-10,12,17,19,23-24H,6-7,11,13-16,18H2,1-5H3/t19?,23-,24+,27+,28+/m0/s1. The van der Waals surface area contributed by atoms with Crippen LogP contribution in [0.1, 0.15) is 64.9 Å². The number of methoxy groups -OCH3 is 2. The van der Waals surface area contributed by atoms with Gasteiger partial charge in [-0.25, -0.2) is 0 Å². The largest absolute Gasteiger partial charge is 0.497 e. The van der Waals surface area contributed by atoms with E-state index in [2.05, 4.69) is 50.0 Å². The average Bonchev–Trinajstić information content (AvgIpc) is 3.08. The summed E-state index contributed by atoms with van der Waals surface area (Å²) < 4.78 is 11.1. The fourth-order valence-electron chi connectivity index (χ4n) is 7.59. The number of benzene rings is 1. The van der Waals surface area contributed by atoms with E-state index in [-0.39, 0.29) is 5.41 Å². The smallest absolute Gasteiger partial charge is 0.127 e. The van der Waals surface area contributed by atoms with Crippen molar-refractivity contribution in [1.29, 1.82) is 0 Å². The number of rotatable bonds is 4. The second-order valence-electron chi connectivity index (χ2n) is 11.0. The van der Waals surface area contributed by atoms with Gasteiger partial charge in [0.2, 0.25) is 0 Å².